The lowest BCUT2D eigenvalue weighted by Gasteiger charge is -2.17. The van der Waals surface area contributed by atoms with Gasteiger partial charge in [-0.3, -0.25) is 0 Å². The van der Waals surface area contributed by atoms with E-state index in [1.165, 1.54) is 7.11 Å². The van der Waals surface area contributed by atoms with Gasteiger partial charge in [-0.1, -0.05) is 0 Å². The maximum Gasteiger partial charge on any atom is 0.393 e. The quantitative estimate of drug-likeness (QED) is 0.755. The van der Waals surface area contributed by atoms with Crippen molar-refractivity contribution in [3.05, 3.63) is 28.3 Å². The zero-order chi connectivity index (χ0) is 12.5. The molecule has 0 unspecified atom stereocenters. The Kier molecular flexibility index (Phi) is 3.51. The predicted molar refractivity (Wildman–Crippen MR) is 57.0 cm³/mol. The van der Waals surface area contributed by atoms with Crippen LogP contribution in [0.2, 0.25) is 0 Å². The molecule has 0 aliphatic carbocycles. The van der Waals surface area contributed by atoms with Gasteiger partial charge in [-0.15, -0.1) is 0 Å². The van der Waals surface area contributed by atoms with E-state index in [-0.39, 0.29) is 0 Å². The number of methoxy groups -OCH3 is 1. The topological polar surface area (TPSA) is 9.23 Å². The van der Waals surface area contributed by atoms with Crippen molar-refractivity contribution in [2.75, 3.05) is 7.11 Å². The van der Waals surface area contributed by atoms with Gasteiger partial charge in [-0.25, -0.2) is 0 Å². The maximum absolute atomic E-state index is 12.4. The molecule has 0 bridgehead atoms. The second kappa shape index (κ2) is 4.36. The molecule has 16 heavy (non-hydrogen) atoms. The van der Waals surface area contributed by atoms with Gasteiger partial charge in [0.25, 0.3) is 0 Å². The van der Waals surface area contributed by atoms with Crippen molar-refractivity contribution in [1.82, 2.24) is 0 Å². The van der Waals surface area contributed by atoms with E-state index in [0.717, 1.165) is 5.56 Å². The van der Waals surface area contributed by atoms with E-state index in [9.17, 15) is 13.2 Å². The van der Waals surface area contributed by atoms with Crippen LogP contribution in [0.25, 0.3) is 0 Å². The summed E-state index contributed by atoms with van der Waals surface area (Å²) >= 11 is 0. The molecule has 0 heterocycles. The third-order valence-corrected chi connectivity index (χ3v) is 2.81. The van der Waals surface area contributed by atoms with E-state index in [1.807, 2.05) is 0 Å². The molecule has 90 valence electrons. The monoisotopic (exact) mass is 232 g/mol. The molecule has 0 aromatic heterocycles. The van der Waals surface area contributed by atoms with Crippen LogP contribution >= 0.6 is 0 Å². The molecule has 1 aromatic carbocycles. The maximum atomic E-state index is 12.4. The van der Waals surface area contributed by atoms with Gasteiger partial charge in [-0.2, -0.15) is 13.2 Å². The summed E-state index contributed by atoms with van der Waals surface area (Å²) < 4.78 is 42.3. The second-order valence-corrected chi connectivity index (χ2v) is 3.92. The number of hydrogen-bond acceptors (Lipinski definition) is 1. The van der Waals surface area contributed by atoms with Crippen molar-refractivity contribution in [1.29, 1.82) is 0 Å². The number of benzene rings is 1. The molecule has 1 nitrogen and oxygen atoms in total. The highest BCUT2D eigenvalue weighted by Gasteiger charge is 2.29. The first kappa shape index (κ1) is 12.9. The van der Waals surface area contributed by atoms with Crippen LogP contribution in [-0.4, -0.2) is 13.3 Å². The first-order chi connectivity index (χ1) is 7.26. The molecule has 0 atom stereocenters. The number of alkyl halides is 3. The molecule has 0 saturated carbocycles. The van der Waals surface area contributed by atoms with E-state index in [1.54, 1.807) is 26.8 Å². The average molecular weight is 232 g/mol. The standard InChI is InChI=1S/C12H15F3O/c1-7-5-11(16-4)9(3)8(2)10(7)6-12(13,14)15/h5H,6H2,1-4H3. The Morgan fingerprint density at radius 2 is 1.69 bits per heavy atom. The summed E-state index contributed by atoms with van der Waals surface area (Å²) in [7, 11) is 1.52. The molecule has 1 rings (SSSR count). The number of halogens is 3. The Bertz CT molecular complexity index is 394. The summed E-state index contributed by atoms with van der Waals surface area (Å²) in [4.78, 5) is 0. The van der Waals surface area contributed by atoms with Crippen LogP contribution in [0.4, 0.5) is 13.2 Å². The van der Waals surface area contributed by atoms with Crippen molar-refractivity contribution in [2.45, 2.75) is 33.4 Å². The summed E-state index contributed by atoms with van der Waals surface area (Å²) in [6.45, 7) is 5.15. The molecular formula is C12H15F3O. The minimum Gasteiger partial charge on any atom is -0.496 e. The molecule has 4 heteroatoms. The smallest absolute Gasteiger partial charge is 0.393 e. The third kappa shape index (κ3) is 2.68. The van der Waals surface area contributed by atoms with Crippen molar-refractivity contribution < 1.29 is 17.9 Å². The summed E-state index contributed by atoms with van der Waals surface area (Å²) in [5.74, 6) is 0.640. The summed E-state index contributed by atoms with van der Waals surface area (Å²) in [6.07, 6.45) is -5.05. The number of hydrogen-bond donors (Lipinski definition) is 0. The highest BCUT2D eigenvalue weighted by atomic mass is 19.4. The van der Waals surface area contributed by atoms with Gasteiger partial charge in [0.15, 0.2) is 0 Å². The van der Waals surface area contributed by atoms with Crippen LogP contribution in [0.5, 0.6) is 5.75 Å². The lowest BCUT2D eigenvalue weighted by Crippen LogP contribution is -2.14. The van der Waals surface area contributed by atoms with Crippen molar-refractivity contribution in [2.24, 2.45) is 0 Å². The van der Waals surface area contributed by atoms with Gasteiger partial charge in [-0.05, 0) is 49.1 Å². The van der Waals surface area contributed by atoms with E-state index >= 15 is 0 Å². The van der Waals surface area contributed by atoms with Crippen LogP contribution in [0.15, 0.2) is 6.07 Å². The first-order valence-electron chi connectivity index (χ1n) is 4.96. The number of rotatable bonds is 2. The van der Waals surface area contributed by atoms with Crippen LogP contribution in [0, 0.1) is 20.8 Å². The average Bonchev–Trinajstić information content (AvgIpc) is 2.17. The molecular weight excluding hydrogens is 217 g/mol. The van der Waals surface area contributed by atoms with Gasteiger partial charge in [0, 0.05) is 0 Å². The Balaban J connectivity index is 3.26. The highest BCUT2D eigenvalue weighted by Crippen LogP contribution is 2.31. The molecule has 0 N–H and O–H groups in total. The SMILES string of the molecule is COc1cc(C)c(CC(F)(F)F)c(C)c1C. The summed E-state index contributed by atoms with van der Waals surface area (Å²) in [6, 6.07) is 1.66. The van der Waals surface area contributed by atoms with Crippen LogP contribution < -0.4 is 4.74 Å². The molecule has 1 aromatic rings. The lowest BCUT2D eigenvalue weighted by molar-refractivity contribution is -0.127. The zero-order valence-corrected chi connectivity index (χ0v) is 9.83. The van der Waals surface area contributed by atoms with Gasteiger partial charge in [0.1, 0.15) is 5.75 Å². The fraction of sp³-hybridized carbons (Fsp3) is 0.500. The predicted octanol–water partition coefficient (Wildman–Crippen LogP) is 3.73. The van der Waals surface area contributed by atoms with E-state index in [2.05, 4.69) is 0 Å². The lowest BCUT2D eigenvalue weighted by atomic mass is 9.95. The van der Waals surface area contributed by atoms with Crippen LogP contribution in [-0.2, 0) is 6.42 Å². The molecule has 0 radical (unpaired) electrons. The largest absolute Gasteiger partial charge is 0.496 e. The Morgan fingerprint density at radius 1 is 1.12 bits per heavy atom. The fourth-order valence-electron chi connectivity index (χ4n) is 1.78. The second-order valence-electron chi connectivity index (χ2n) is 3.92. The van der Waals surface area contributed by atoms with Gasteiger partial charge in [0.05, 0.1) is 13.5 Å². The minimum atomic E-state index is -4.17. The van der Waals surface area contributed by atoms with E-state index in [0.29, 0.717) is 22.4 Å². The van der Waals surface area contributed by atoms with Crippen LogP contribution in [0.3, 0.4) is 0 Å². The summed E-state index contributed by atoms with van der Waals surface area (Å²) in [5.41, 5.74) is 2.41. The van der Waals surface area contributed by atoms with Gasteiger partial charge >= 0.3 is 6.18 Å². The van der Waals surface area contributed by atoms with Crippen molar-refractivity contribution >= 4 is 0 Å². The third-order valence-electron chi connectivity index (χ3n) is 2.81. The molecule has 0 fully saturated rings. The first-order valence-corrected chi connectivity index (χ1v) is 4.96. The Morgan fingerprint density at radius 3 is 2.12 bits per heavy atom. The fourth-order valence-corrected chi connectivity index (χ4v) is 1.78. The zero-order valence-electron chi connectivity index (χ0n) is 9.83. The van der Waals surface area contributed by atoms with E-state index < -0.39 is 12.6 Å². The molecule has 0 spiro atoms. The number of aryl methyl sites for hydroxylation is 1. The van der Waals surface area contributed by atoms with Gasteiger partial charge in [0.2, 0.25) is 0 Å². The van der Waals surface area contributed by atoms with Crippen LogP contribution in [0.1, 0.15) is 22.3 Å². The Labute approximate surface area is 93.2 Å². The van der Waals surface area contributed by atoms with Gasteiger partial charge < -0.3 is 4.74 Å². The molecule has 0 saturated heterocycles. The normalized spacial score (nSPS) is 11.7. The molecule has 0 aliphatic heterocycles. The number of ether oxygens (including phenoxy) is 1. The minimum absolute atomic E-state index is 0.353. The van der Waals surface area contributed by atoms with E-state index in [4.69, 9.17) is 4.74 Å². The highest BCUT2D eigenvalue weighted by molar-refractivity contribution is 5.48. The summed E-state index contributed by atoms with van der Waals surface area (Å²) in [5, 5.41) is 0. The van der Waals surface area contributed by atoms with Crippen molar-refractivity contribution in [3.63, 3.8) is 0 Å². The Hall–Kier alpha value is -1.19. The molecule has 0 amide bonds. The van der Waals surface area contributed by atoms with Crippen molar-refractivity contribution in [3.8, 4) is 5.75 Å². The molecule has 0 aliphatic rings.